The first-order valence-electron chi connectivity index (χ1n) is 6.60. The molecule has 1 fully saturated rings. The van der Waals surface area contributed by atoms with Gasteiger partial charge in [-0.15, -0.1) is 0 Å². The number of hydrogen-bond donors (Lipinski definition) is 1. The van der Waals surface area contributed by atoms with E-state index in [2.05, 4.69) is 24.1 Å². The minimum atomic E-state index is 0.516. The summed E-state index contributed by atoms with van der Waals surface area (Å²) >= 11 is 12.2. The molecule has 18 heavy (non-hydrogen) atoms. The molecule has 4 heteroatoms. The highest BCUT2D eigenvalue weighted by molar-refractivity contribution is 6.35. The lowest BCUT2D eigenvalue weighted by Crippen LogP contribution is -2.56. The molecule has 100 valence electrons. The van der Waals surface area contributed by atoms with Gasteiger partial charge >= 0.3 is 0 Å². The summed E-state index contributed by atoms with van der Waals surface area (Å²) in [4.78, 5) is 2.43. The van der Waals surface area contributed by atoms with Crippen LogP contribution < -0.4 is 10.2 Å². The van der Waals surface area contributed by atoms with Crippen LogP contribution >= 0.6 is 23.2 Å². The largest absolute Gasteiger partial charge is 0.366 e. The molecule has 1 aliphatic heterocycles. The number of piperazine rings is 1. The van der Waals surface area contributed by atoms with E-state index in [0.29, 0.717) is 22.1 Å². The Labute approximate surface area is 119 Å². The molecule has 2 atom stereocenters. The minimum Gasteiger partial charge on any atom is -0.366 e. The van der Waals surface area contributed by atoms with Crippen molar-refractivity contribution in [3.63, 3.8) is 0 Å². The first-order valence-corrected chi connectivity index (χ1v) is 7.35. The summed E-state index contributed by atoms with van der Waals surface area (Å²) < 4.78 is 0. The van der Waals surface area contributed by atoms with Gasteiger partial charge in [0.25, 0.3) is 0 Å². The Bertz CT molecular complexity index is 389. The van der Waals surface area contributed by atoms with E-state index in [1.54, 1.807) is 6.07 Å². The van der Waals surface area contributed by atoms with E-state index in [4.69, 9.17) is 23.2 Å². The van der Waals surface area contributed by atoms with Gasteiger partial charge in [-0.05, 0) is 31.0 Å². The van der Waals surface area contributed by atoms with Crippen LogP contribution in [0.5, 0.6) is 0 Å². The van der Waals surface area contributed by atoms with Crippen LogP contribution in [0.1, 0.15) is 26.7 Å². The van der Waals surface area contributed by atoms with E-state index in [1.807, 2.05) is 12.1 Å². The summed E-state index contributed by atoms with van der Waals surface area (Å²) in [6.07, 6.45) is 2.26. The maximum Gasteiger partial charge on any atom is 0.0441 e. The van der Waals surface area contributed by atoms with E-state index < -0.39 is 0 Å². The van der Waals surface area contributed by atoms with Crippen LogP contribution in [0, 0.1) is 0 Å². The van der Waals surface area contributed by atoms with Crippen LogP contribution in [0.15, 0.2) is 18.2 Å². The van der Waals surface area contributed by atoms with Gasteiger partial charge in [-0.1, -0.05) is 37.0 Å². The number of halogens is 2. The molecule has 0 amide bonds. The fourth-order valence-corrected chi connectivity index (χ4v) is 3.04. The molecule has 1 aromatic rings. The lowest BCUT2D eigenvalue weighted by Gasteiger charge is -2.41. The normalized spacial score (nSPS) is 24.3. The summed E-state index contributed by atoms with van der Waals surface area (Å²) in [6, 6.07) is 6.86. The second-order valence-electron chi connectivity index (χ2n) is 4.86. The molecule has 1 aliphatic rings. The van der Waals surface area contributed by atoms with Crippen molar-refractivity contribution >= 4 is 28.9 Å². The summed E-state index contributed by atoms with van der Waals surface area (Å²) in [5.41, 5.74) is 1.14. The highest BCUT2D eigenvalue weighted by Gasteiger charge is 2.26. The van der Waals surface area contributed by atoms with Crippen molar-refractivity contribution in [1.29, 1.82) is 0 Å². The highest BCUT2D eigenvalue weighted by atomic mass is 35.5. The molecule has 2 nitrogen and oxygen atoms in total. The lowest BCUT2D eigenvalue weighted by atomic mass is 10.0. The Morgan fingerprint density at radius 2 is 1.83 bits per heavy atom. The Morgan fingerprint density at radius 3 is 2.39 bits per heavy atom. The van der Waals surface area contributed by atoms with Gasteiger partial charge in [0, 0.05) is 40.9 Å². The fourth-order valence-electron chi connectivity index (χ4n) is 2.52. The van der Waals surface area contributed by atoms with E-state index in [9.17, 15) is 0 Å². The minimum absolute atomic E-state index is 0.516. The third-order valence-corrected chi connectivity index (χ3v) is 4.08. The molecule has 2 rings (SSSR count). The van der Waals surface area contributed by atoms with E-state index in [0.717, 1.165) is 31.6 Å². The molecule has 0 saturated carbocycles. The number of nitrogens with one attached hydrogen (secondary N) is 1. The van der Waals surface area contributed by atoms with Crippen LogP contribution in [-0.4, -0.2) is 25.2 Å². The summed E-state index contributed by atoms with van der Waals surface area (Å²) in [5, 5.41) is 5.01. The maximum absolute atomic E-state index is 6.10. The van der Waals surface area contributed by atoms with Gasteiger partial charge < -0.3 is 10.2 Å². The van der Waals surface area contributed by atoms with E-state index in [1.165, 1.54) is 0 Å². The number of rotatable bonds is 3. The number of anilines is 1. The van der Waals surface area contributed by atoms with Crippen LogP contribution in [0.25, 0.3) is 0 Å². The molecular formula is C14H20Cl2N2. The molecular weight excluding hydrogens is 267 g/mol. The predicted molar refractivity (Wildman–Crippen MR) is 80.0 cm³/mol. The quantitative estimate of drug-likeness (QED) is 0.905. The van der Waals surface area contributed by atoms with Crippen LogP contribution in [0.4, 0.5) is 5.69 Å². The lowest BCUT2D eigenvalue weighted by molar-refractivity contribution is 0.379. The summed E-state index contributed by atoms with van der Waals surface area (Å²) in [5.74, 6) is 0. The Morgan fingerprint density at radius 1 is 1.17 bits per heavy atom. The number of benzene rings is 1. The van der Waals surface area contributed by atoms with Crippen molar-refractivity contribution in [2.75, 3.05) is 18.0 Å². The monoisotopic (exact) mass is 286 g/mol. The van der Waals surface area contributed by atoms with Crippen molar-refractivity contribution in [1.82, 2.24) is 5.32 Å². The Balaban J connectivity index is 2.26. The van der Waals surface area contributed by atoms with Crippen molar-refractivity contribution in [3.05, 3.63) is 28.2 Å². The van der Waals surface area contributed by atoms with Gasteiger partial charge in [0.2, 0.25) is 0 Å². The van der Waals surface area contributed by atoms with Crippen molar-refractivity contribution < 1.29 is 0 Å². The molecule has 0 bridgehead atoms. The molecule has 1 N–H and O–H groups in total. The standard InChI is InChI=1S/C14H20Cl2N2/c1-3-12-9-18(13(4-2)8-17-12)14-6-10(15)5-11(16)7-14/h5-7,12-13,17H,3-4,8-9H2,1-2H3. The van der Waals surface area contributed by atoms with Crippen molar-refractivity contribution in [2.45, 2.75) is 38.8 Å². The van der Waals surface area contributed by atoms with E-state index >= 15 is 0 Å². The molecule has 0 aromatic heterocycles. The first kappa shape index (κ1) is 14.0. The molecule has 0 spiro atoms. The van der Waals surface area contributed by atoms with Gasteiger partial charge in [0.1, 0.15) is 0 Å². The molecule has 0 aliphatic carbocycles. The molecule has 1 saturated heterocycles. The van der Waals surface area contributed by atoms with Crippen LogP contribution in [-0.2, 0) is 0 Å². The first-order chi connectivity index (χ1) is 8.63. The van der Waals surface area contributed by atoms with Crippen LogP contribution in [0.3, 0.4) is 0 Å². The van der Waals surface area contributed by atoms with E-state index in [-0.39, 0.29) is 0 Å². The molecule has 1 aromatic carbocycles. The Hall–Kier alpha value is -0.440. The smallest absolute Gasteiger partial charge is 0.0441 e. The zero-order valence-electron chi connectivity index (χ0n) is 10.9. The van der Waals surface area contributed by atoms with Crippen molar-refractivity contribution in [3.8, 4) is 0 Å². The van der Waals surface area contributed by atoms with Gasteiger partial charge in [0.15, 0.2) is 0 Å². The second-order valence-corrected chi connectivity index (χ2v) is 5.73. The van der Waals surface area contributed by atoms with Gasteiger partial charge in [-0.2, -0.15) is 0 Å². The predicted octanol–water partition coefficient (Wildman–Crippen LogP) is 3.96. The second kappa shape index (κ2) is 6.14. The Kier molecular flexibility index (Phi) is 4.77. The number of hydrogen-bond acceptors (Lipinski definition) is 2. The summed E-state index contributed by atoms with van der Waals surface area (Å²) in [7, 11) is 0. The highest BCUT2D eigenvalue weighted by Crippen LogP contribution is 2.28. The van der Waals surface area contributed by atoms with Gasteiger partial charge in [0.05, 0.1) is 0 Å². The average Bonchev–Trinajstić information content (AvgIpc) is 2.36. The van der Waals surface area contributed by atoms with Gasteiger partial charge in [-0.3, -0.25) is 0 Å². The third-order valence-electron chi connectivity index (χ3n) is 3.64. The fraction of sp³-hybridized carbons (Fsp3) is 0.571. The molecule has 2 unspecified atom stereocenters. The maximum atomic E-state index is 6.10. The molecule has 1 heterocycles. The van der Waals surface area contributed by atoms with Gasteiger partial charge in [-0.25, -0.2) is 0 Å². The zero-order chi connectivity index (χ0) is 13.1. The van der Waals surface area contributed by atoms with Crippen LogP contribution in [0.2, 0.25) is 10.0 Å². The topological polar surface area (TPSA) is 15.3 Å². The third kappa shape index (κ3) is 3.11. The average molecular weight is 287 g/mol. The summed E-state index contributed by atoms with van der Waals surface area (Å²) in [6.45, 7) is 6.48. The molecule has 0 radical (unpaired) electrons. The van der Waals surface area contributed by atoms with Crippen molar-refractivity contribution in [2.24, 2.45) is 0 Å². The SMILES string of the molecule is CCC1CN(c2cc(Cl)cc(Cl)c2)C(CC)CN1. The zero-order valence-corrected chi connectivity index (χ0v) is 12.4. The number of nitrogens with zero attached hydrogens (tertiary/aromatic N) is 1.